The van der Waals surface area contributed by atoms with Gasteiger partial charge in [0.05, 0.1) is 11.3 Å². The van der Waals surface area contributed by atoms with Crippen LogP contribution in [0.25, 0.3) is 0 Å². The molecule has 1 saturated heterocycles. The van der Waals surface area contributed by atoms with Gasteiger partial charge in [0.1, 0.15) is 5.66 Å². The van der Waals surface area contributed by atoms with E-state index in [0.717, 1.165) is 24.5 Å². The Labute approximate surface area is 195 Å². The van der Waals surface area contributed by atoms with Crippen molar-refractivity contribution in [2.45, 2.75) is 52.1 Å². The fourth-order valence-electron chi connectivity index (χ4n) is 5.01. The van der Waals surface area contributed by atoms with Crippen LogP contribution in [0.15, 0.2) is 48.5 Å². The minimum atomic E-state index is -0.681. The van der Waals surface area contributed by atoms with E-state index in [2.05, 4.69) is 24.1 Å². The van der Waals surface area contributed by atoms with Crippen molar-refractivity contribution in [2.75, 3.05) is 34.8 Å². The minimum absolute atomic E-state index is 0.0355. The summed E-state index contributed by atoms with van der Waals surface area (Å²) in [4.78, 5) is 44.2. The number of para-hydroxylation sites is 1. The molecule has 0 bridgehead atoms. The van der Waals surface area contributed by atoms with Gasteiger partial charge in [-0.15, -0.1) is 0 Å². The molecule has 0 aromatic heterocycles. The van der Waals surface area contributed by atoms with E-state index in [1.807, 2.05) is 49.4 Å². The number of carbonyl (C=O) groups excluding carboxylic acids is 3. The van der Waals surface area contributed by atoms with Gasteiger partial charge in [0.2, 0.25) is 11.8 Å². The van der Waals surface area contributed by atoms with Gasteiger partial charge < -0.3 is 15.1 Å². The second kappa shape index (κ2) is 9.25. The summed E-state index contributed by atoms with van der Waals surface area (Å²) in [6.45, 7) is 8.47. The highest BCUT2D eigenvalue weighted by molar-refractivity contribution is 6.10. The summed E-state index contributed by atoms with van der Waals surface area (Å²) >= 11 is 0. The summed E-state index contributed by atoms with van der Waals surface area (Å²) in [5.41, 5.74) is 2.45. The van der Waals surface area contributed by atoms with Crippen LogP contribution in [-0.4, -0.2) is 47.9 Å². The third kappa shape index (κ3) is 4.19. The lowest BCUT2D eigenvalue weighted by atomic mass is 9.98. The van der Waals surface area contributed by atoms with Crippen molar-refractivity contribution in [1.82, 2.24) is 4.90 Å². The Balaban J connectivity index is 1.39. The molecule has 0 aliphatic carbocycles. The standard InChI is InChI=1S/C26H32N4O3/c1-4-28(5-2)20-14-12-19(13-15-20)27-23(31)11-8-18-29-25(33)21-9-6-7-10-22(21)30-24(32)16-17-26(29,30)3/h6-7,9-10,12-15H,4-5,8,11,16-18H2,1-3H3,(H,27,31). The first-order valence-electron chi connectivity index (χ1n) is 11.8. The molecule has 33 heavy (non-hydrogen) atoms. The molecular formula is C26H32N4O3. The first kappa shape index (κ1) is 22.8. The third-order valence-corrected chi connectivity index (χ3v) is 6.81. The lowest BCUT2D eigenvalue weighted by Gasteiger charge is -2.48. The van der Waals surface area contributed by atoms with Gasteiger partial charge in [-0.3, -0.25) is 19.3 Å². The largest absolute Gasteiger partial charge is 0.372 e. The third-order valence-electron chi connectivity index (χ3n) is 6.81. The van der Waals surface area contributed by atoms with Gasteiger partial charge in [0.25, 0.3) is 5.91 Å². The van der Waals surface area contributed by atoms with Crippen LogP contribution in [0.5, 0.6) is 0 Å². The van der Waals surface area contributed by atoms with Gasteiger partial charge in [-0.25, -0.2) is 0 Å². The summed E-state index contributed by atoms with van der Waals surface area (Å²) < 4.78 is 0. The minimum Gasteiger partial charge on any atom is -0.372 e. The summed E-state index contributed by atoms with van der Waals surface area (Å²) in [6, 6.07) is 15.1. The second-order valence-electron chi connectivity index (χ2n) is 8.79. The molecule has 2 aliphatic rings. The van der Waals surface area contributed by atoms with E-state index in [4.69, 9.17) is 0 Å². The van der Waals surface area contributed by atoms with Crippen molar-refractivity contribution < 1.29 is 14.4 Å². The predicted molar refractivity (Wildman–Crippen MR) is 130 cm³/mol. The van der Waals surface area contributed by atoms with Crippen LogP contribution >= 0.6 is 0 Å². The van der Waals surface area contributed by atoms with E-state index >= 15 is 0 Å². The molecule has 0 spiro atoms. The number of carbonyl (C=O) groups is 3. The van der Waals surface area contributed by atoms with Crippen LogP contribution in [0, 0.1) is 0 Å². The average molecular weight is 449 g/mol. The van der Waals surface area contributed by atoms with Gasteiger partial charge in [-0.2, -0.15) is 0 Å². The molecule has 1 atom stereocenters. The van der Waals surface area contributed by atoms with Crippen molar-refractivity contribution in [2.24, 2.45) is 0 Å². The highest BCUT2D eigenvalue weighted by atomic mass is 16.2. The SMILES string of the molecule is CCN(CC)c1ccc(NC(=O)CCCN2C(=O)c3ccccc3N3C(=O)CCC23C)cc1. The predicted octanol–water partition coefficient (Wildman–Crippen LogP) is 4.25. The van der Waals surface area contributed by atoms with E-state index in [1.165, 1.54) is 0 Å². The topological polar surface area (TPSA) is 73.0 Å². The number of anilines is 3. The molecular weight excluding hydrogens is 416 g/mol. The van der Waals surface area contributed by atoms with E-state index < -0.39 is 5.66 Å². The summed E-state index contributed by atoms with van der Waals surface area (Å²) in [6.07, 6.45) is 1.83. The quantitative estimate of drug-likeness (QED) is 0.655. The zero-order valence-electron chi connectivity index (χ0n) is 19.6. The van der Waals surface area contributed by atoms with Crippen molar-refractivity contribution in [3.05, 3.63) is 54.1 Å². The van der Waals surface area contributed by atoms with Gasteiger partial charge in [0, 0.05) is 43.9 Å². The highest BCUT2D eigenvalue weighted by Gasteiger charge is 2.52. The fourth-order valence-corrected chi connectivity index (χ4v) is 5.01. The number of rotatable bonds is 8. The summed E-state index contributed by atoms with van der Waals surface area (Å²) in [5.74, 6) is -0.125. The van der Waals surface area contributed by atoms with Crippen molar-refractivity contribution >= 4 is 34.8 Å². The van der Waals surface area contributed by atoms with Gasteiger partial charge in [-0.05, 0) is 70.0 Å². The Hall–Kier alpha value is -3.35. The lowest BCUT2D eigenvalue weighted by molar-refractivity contribution is -0.118. The zero-order valence-corrected chi connectivity index (χ0v) is 19.6. The Morgan fingerprint density at radius 3 is 2.45 bits per heavy atom. The Morgan fingerprint density at radius 2 is 1.76 bits per heavy atom. The summed E-state index contributed by atoms with van der Waals surface area (Å²) in [5, 5.41) is 2.95. The Kier molecular flexibility index (Phi) is 6.40. The van der Waals surface area contributed by atoms with Crippen LogP contribution in [0.1, 0.15) is 56.8 Å². The highest BCUT2D eigenvalue weighted by Crippen LogP contribution is 2.44. The Bertz CT molecular complexity index is 1050. The molecule has 0 radical (unpaired) electrons. The number of benzene rings is 2. The molecule has 0 saturated carbocycles. The monoisotopic (exact) mass is 448 g/mol. The van der Waals surface area contributed by atoms with Crippen LogP contribution in [0.2, 0.25) is 0 Å². The molecule has 7 nitrogen and oxygen atoms in total. The normalized spacial score (nSPS) is 19.4. The lowest BCUT2D eigenvalue weighted by Crippen LogP contribution is -2.62. The van der Waals surface area contributed by atoms with Crippen LogP contribution in [-0.2, 0) is 9.59 Å². The fraction of sp³-hybridized carbons (Fsp3) is 0.423. The number of amides is 3. The van der Waals surface area contributed by atoms with E-state index in [0.29, 0.717) is 43.5 Å². The number of hydrogen-bond acceptors (Lipinski definition) is 4. The molecule has 1 fully saturated rings. The number of nitrogens with one attached hydrogen (secondary N) is 1. The van der Waals surface area contributed by atoms with Crippen molar-refractivity contribution in [1.29, 1.82) is 0 Å². The first-order valence-corrected chi connectivity index (χ1v) is 11.8. The smallest absolute Gasteiger partial charge is 0.257 e. The maximum absolute atomic E-state index is 13.3. The van der Waals surface area contributed by atoms with Crippen LogP contribution < -0.4 is 15.1 Å². The van der Waals surface area contributed by atoms with Gasteiger partial charge in [-0.1, -0.05) is 12.1 Å². The molecule has 2 aromatic rings. The molecule has 3 amide bonds. The molecule has 4 rings (SSSR count). The number of hydrogen-bond donors (Lipinski definition) is 1. The van der Waals surface area contributed by atoms with Crippen LogP contribution in [0.3, 0.4) is 0 Å². The molecule has 2 heterocycles. The first-order chi connectivity index (χ1) is 15.9. The maximum Gasteiger partial charge on any atom is 0.257 e. The molecule has 2 aliphatic heterocycles. The molecule has 1 unspecified atom stereocenters. The average Bonchev–Trinajstić information content (AvgIpc) is 3.13. The maximum atomic E-state index is 13.3. The zero-order chi connectivity index (χ0) is 23.6. The van der Waals surface area contributed by atoms with Gasteiger partial charge in [0.15, 0.2) is 0 Å². The van der Waals surface area contributed by atoms with Crippen molar-refractivity contribution in [3.63, 3.8) is 0 Å². The second-order valence-corrected chi connectivity index (χ2v) is 8.79. The van der Waals surface area contributed by atoms with E-state index in [1.54, 1.807) is 15.9 Å². The van der Waals surface area contributed by atoms with Crippen molar-refractivity contribution in [3.8, 4) is 0 Å². The molecule has 2 aromatic carbocycles. The molecule has 1 N–H and O–H groups in total. The van der Waals surface area contributed by atoms with E-state index in [-0.39, 0.29) is 17.7 Å². The Morgan fingerprint density at radius 1 is 1.06 bits per heavy atom. The van der Waals surface area contributed by atoms with E-state index in [9.17, 15) is 14.4 Å². The molecule has 174 valence electrons. The number of fused-ring (bicyclic) bond motifs is 3. The molecule has 7 heteroatoms. The van der Waals surface area contributed by atoms with Crippen LogP contribution in [0.4, 0.5) is 17.1 Å². The number of nitrogens with zero attached hydrogens (tertiary/aromatic N) is 3. The summed E-state index contributed by atoms with van der Waals surface area (Å²) in [7, 11) is 0. The van der Waals surface area contributed by atoms with Gasteiger partial charge >= 0.3 is 0 Å².